The number of carbonyl (C=O) groups is 1. The van der Waals surface area contributed by atoms with E-state index in [1.165, 1.54) is 11.6 Å². The molecule has 0 saturated heterocycles. The molecule has 1 amide bonds. The molecule has 0 aliphatic carbocycles. The minimum atomic E-state index is -0.397. The van der Waals surface area contributed by atoms with Crippen molar-refractivity contribution in [3.63, 3.8) is 0 Å². The Morgan fingerprint density at radius 2 is 1.58 bits per heavy atom. The molecule has 0 aliphatic rings. The van der Waals surface area contributed by atoms with Gasteiger partial charge in [0.05, 0.1) is 6.42 Å². The second-order valence-electron chi connectivity index (χ2n) is 5.78. The van der Waals surface area contributed by atoms with Crippen LogP contribution in [-0.4, -0.2) is 22.6 Å². The molecule has 0 fully saturated rings. The van der Waals surface area contributed by atoms with Crippen molar-refractivity contribution in [3.8, 4) is 0 Å². The van der Waals surface area contributed by atoms with Crippen LogP contribution in [0.2, 0.25) is 0 Å². The normalized spacial score (nSPS) is 10.3. The van der Waals surface area contributed by atoms with E-state index in [-0.39, 0.29) is 12.3 Å². The average molecular weight is 350 g/mol. The van der Waals surface area contributed by atoms with E-state index < -0.39 is 5.82 Å². The molecule has 1 aromatic heterocycles. The zero-order chi connectivity index (χ0) is 18.2. The van der Waals surface area contributed by atoms with Crippen molar-refractivity contribution in [2.24, 2.45) is 0 Å². The molecule has 0 saturated carbocycles. The van der Waals surface area contributed by atoms with Crippen LogP contribution in [0.4, 0.5) is 16.0 Å². The SMILES string of the molecule is O=C(Cc1ccccc1F)Nc1ccc(NCCc2ccccc2)nn1. The summed E-state index contributed by atoms with van der Waals surface area (Å²) in [7, 11) is 0. The molecule has 0 spiro atoms. The minimum Gasteiger partial charge on any atom is -0.368 e. The number of nitrogens with one attached hydrogen (secondary N) is 2. The van der Waals surface area contributed by atoms with Gasteiger partial charge in [0.25, 0.3) is 0 Å². The van der Waals surface area contributed by atoms with Gasteiger partial charge in [-0.25, -0.2) is 4.39 Å². The molecular formula is C20H19FN4O. The first-order valence-electron chi connectivity index (χ1n) is 8.35. The topological polar surface area (TPSA) is 66.9 Å². The van der Waals surface area contributed by atoms with E-state index in [2.05, 4.69) is 33.0 Å². The van der Waals surface area contributed by atoms with Gasteiger partial charge in [-0.15, -0.1) is 10.2 Å². The van der Waals surface area contributed by atoms with Gasteiger partial charge in [0.1, 0.15) is 11.6 Å². The summed E-state index contributed by atoms with van der Waals surface area (Å²) < 4.78 is 13.6. The van der Waals surface area contributed by atoms with Gasteiger partial charge in [-0.05, 0) is 35.7 Å². The number of nitrogens with zero attached hydrogens (tertiary/aromatic N) is 2. The smallest absolute Gasteiger partial charge is 0.230 e. The number of hydrogen-bond donors (Lipinski definition) is 2. The van der Waals surface area contributed by atoms with Gasteiger partial charge >= 0.3 is 0 Å². The highest BCUT2D eigenvalue weighted by atomic mass is 19.1. The second kappa shape index (κ2) is 8.71. The van der Waals surface area contributed by atoms with E-state index in [0.717, 1.165) is 13.0 Å². The summed E-state index contributed by atoms with van der Waals surface area (Å²) in [6, 6.07) is 19.8. The van der Waals surface area contributed by atoms with Gasteiger partial charge in [0.15, 0.2) is 5.82 Å². The van der Waals surface area contributed by atoms with Crippen LogP contribution in [0.15, 0.2) is 66.7 Å². The summed E-state index contributed by atoms with van der Waals surface area (Å²) >= 11 is 0. The third kappa shape index (κ3) is 5.11. The number of halogens is 1. The first-order chi connectivity index (χ1) is 12.7. The van der Waals surface area contributed by atoms with Crippen LogP contribution in [0.3, 0.4) is 0 Å². The number of carbonyl (C=O) groups excluding carboxylic acids is 1. The van der Waals surface area contributed by atoms with Crippen LogP contribution in [-0.2, 0) is 17.6 Å². The van der Waals surface area contributed by atoms with Crippen LogP contribution in [0.5, 0.6) is 0 Å². The molecule has 0 atom stereocenters. The zero-order valence-electron chi connectivity index (χ0n) is 14.2. The molecule has 0 unspecified atom stereocenters. The summed E-state index contributed by atoms with van der Waals surface area (Å²) in [6.45, 7) is 0.734. The van der Waals surface area contributed by atoms with Crippen molar-refractivity contribution in [1.82, 2.24) is 10.2 Å². The predicted molar refractivity (Wildman–Crippen MR) is 99.4 cm³/mol. The van der Waals surface area contributed by atoms with Crippen molar-refractivity contribution < 1.29 is 9.18 Å². The van der Waals surface area contributed by atoms with Crippen molar-refractivity contribution in [3.05, 3.63) is 83.7 Å². The van der Waals surface area contributed by atoms with Crippen LogP contribution in [0.25, 0.3) is 0 Å². The van der Waals surface area contributed by atoms with Gasteiger partial charge in [0.2, 0.25) is 5.91 Å². The molecule has 1 heterocycles. The van der Waals surface area contributed by atoms with Crippen molar-refractivity contribution in [2.75, 3.05) is 17.2 Å². The third-order valence-corrected chi connectivity index (χ3v) is 3.80. The quantitative estimate of drug-likeness (QED) is 0.685. The standard InChI is InChI=1S/C20H19FN4O/c21-17-9-5-4-8-16(17)14-20(26)23-19-11-10-18(24-25-19)22-13-12-15-6-2-1-3-7-15/h1-11H,12-14H2,(H,22,24)(H,23,25,26). The van der Waals surface area contributed by atoms with Crippen molar-refractivity contribution in [2.45, 2.75) is 12.8 Å². The van der Waals surface area contributed by atoms with Crippen molar-refractivity contribution >= 4 is 17.5 Å². The Morgan fingerprint density at radius 3 is 2.31 bits per heavy atom. The molecule has 0 aliphatic heterocycles. The number of hydrogen-bond acceptors (Lipinski definition) is 4. The van der Waals surface area contributed by atoms with E-state index in [9.17, 15) is 9.18 Å². The van der Waals surface area contributed by atoms with Crippen molar-refractivity contribution in [1.29, 1.82) is 0 Å². The van der Waals surface area contributed by atoms with E-state index in [4.69, 9.17) is 0 Å². The maximum atomic E-state index is 13.6. The van der Waals surface area contributed by atoms with Crippen LogP contribution < -0.4 is 10.6 Å². The summed E-state index contributed by atoms with van der Waals surface area (Å²) in [6.07, 6.45) is 0.828. The summed E-state index contributed by atoms with van der Waals surface area (Å²) in [5.41, 5.74) is 1.59. The Balaban J connectivity index is 1.48. The van der Waals surface area contributed by atoms with Crippen LogP contribution >= 0.6 is 0 Å². The van der Waals surface area contributed by atoms with Crippen LogP contribution in [0, 0.1) is 5.82 Å². The average Bonchev–Trinajstić information content (AvgIpc) is 2.66. The third-order valence-electron chi connectivity index (χ3n) is 3.80. The van der Waals surface area contributed by atoms with Gasteiger partial charge in [-0.2, -0.15) is 0 Å². The lowest BCUT2D eigenvalue weighted by Crippen LogP contribution is -2.16. The molecule has 132 valence electrons. The number of benzene rings is 2. The second-order valence-corrected chi connectivity index (χ2v) is 5.78. The molecule has 0 radical (unpaired) electrons. The Kier molecular flexibility index (Phi) is 5.88. The Hall–Kier alpha value is -3.28. The molecule has 5 nitrogen and oxygen atoms in total. The molecule has 3 aromatic rings. The van der Waals surface area contributed by atoms with E-state index in [1.807, 2.05) is 18.2 Å². The summed E-state index contributed by atoms with van der Waals surface area (Å²) in [4.78, 5) is 12.0. The van der Waals surface area contributed by atoms with E-state index >= 15 is 0 Å². The lowest BCUT2D eigenvalue weighted by molar-refractivity contribution is -0.115. The highest BCUT2D eigenvalue weighted by Crippen LogP contribution is 2.10. The molecule has 2 aromatic carbocycles. The fourth-order valence-electron chi connectivity index (χ4n) is 2.47. The monoisotopic (exact) mass is 350 g/mol. The summed E-state index contributed by atoms with van der Waals surface area (Å²) in [5.74, 6) is 0.230. The minimum absolute atomic E-state index is 0.0502. The highest BCUT2D eigenvalue weighted by Gasteiger charge is 2.09. The lowest BCUT2D eigenvalue weighted by Gasteiger charge is -2.07. The largest absolute Gasteiger partial charge is 0.368 e. The fourth-order valence-corrected chi connectivity index (χ4v) is 2.47. The van der Waals surface area contributed by atoms with E-state index in [0.29, 0.717) is 17.2 Å². The first kappa shape index (κ1) is 17.5. The van der Waals surface area contributed by atoms with Gasteiger partial charge in [0, 0.05) is 6.54 Å². The highest BCUT2D eigenvalue weighted by molar-refractivity contribution is 5.91. The Labute approximate surface area is 151 Å². The lowest BCUT2D eigenvalue weighted by atomic mass is 10.1. The Morgan fingerprint density at radius 1 is 0.885 bits per heavy atom. The summed E-state index contributed by atoms with van der Waals surface area (Å²) in [5, 5.41) is 13.8. The molecule has 0 bridgehead atoms. The zero-order valence-corrected chi connectivity index (χ0v) is 14.2. The molecule has 6 heteroatoms. The van der Waals surface area contributed by atoms with E-state index in [1.54, 1.807) is 30.3 Å². The predicted octanol–water partition coefficient (Wildman–Crippen LogP) is 3.45. The number of aromatic nitrogens is 2. The Bertz CT molecular complexity index is 853. The molecule has 2 N–H and O–H groups in total. The van der Waals surface area contributed by atoms with Gasteiger partial charge < -0.3 is 10.6 Å². The maximum absolute atomic E-state index is 13.6. The molecular weight excluding hydrogens is 331 g/mol. The first-order valence-corrected chi connectivity index (χ1v) is 8.35. The molecule has 3 rings (SSSR count). The van der Waals surface area contributed by atoms with Gasteiger partial charge in [-0.3, -0.25) is 4.79 Å². The number of rotatable bonds is 7. The number of anilines is 2. The van der Waals surface area contributed by atoms with Gasteiger partial charge in [-0.1, -0.05) is 48.5 Å². The maximum Gasteiger partial charge on any atom is 0.230 e. The number of amides is 1. The molecule has 26 heavy (non-hydrogen) atoms. The van der Waals surface area contributed by atoms with Crippen LogP contribution in [0.1, 0.15) is 11.1 Å². The fraction of sp³-hybridized carbons (Fsp3) is 0.150.